The Morgan fingerprint density at radius 3 is 2.50 bits per heavy atom. The van der Waals surface area contributed by atoms with Crippen LogP contribution in [-0.2, 0) is 38.9 Å². The highest BCUT2D eigenvalue weighted by Gasteiger charge is 2.80. The van der Waals surface area contributed by atoms with Crippen molar-refractivity contribution in [3.63, 3.8) is 0 Å². The number of hydrogen-bond acceptors (Lipinski definition) is 9. The lowest BCUT2D eigenvalue weighted by Crippen LogP contribution is -2.81. The second kappa shape index (κ2) is 7.80. The number of nitrogens with zero attached hydrogens (tertiary/aromatic N) is 1. The van der Waals surface area contributed by atoms with Crippen LogP contribution in [0.1, 0.15) is 44.6 Å². The first kappa shape index (κ1) is 23.8. The molecule has 1 aromatic carbocycles. The van der Waals surface area contributed by atoms with E-state index >= 15 is 0 Å². The molecule has 34 heavy (non-hydrogen) atoms. The lowest BCUT2D eigenvalue weighted by atomic mass is 9.65. The van der Waals surface area contributed by atoms with Crippen LogP contribution >= 0.6 is 23.2 Å². The molecule has 4 saturated heterocycles. The van der Waals surface area contributed by atoms with Gasteiger partial charge >= 0.3 is 17.9 Å². The number of aliphatic hydroxyl groups is 1. The second-order valence-electron chi connectivity index (χ2n) is 9.43. The molecule has 2 unspecified atom stereocenters. The maximum Gasteiger partial charge on any atom is 0.340 e. The molecule has 1 aromatic rings. The third-order valence-electron chi connectivity index (χ3n) is 7.73. The van der Waals surface area contributed by atoms with E-state index in [0.29, 0.717) is 23.4 Å². The van der Waals surface area contributed by atoms with Crippen LogP contribution in [-0.4, -0.2) is 71.1 Å². The minimum Gasteiger partial charge on any atom is -0.449 e. The number of ether oxygens (including phenoxy) is 4. The van der Waals surface area contributed by atoms with E-state index in [9.17, 15) is 19.5 Å². The van der Waals surface area contributed by atoms with Crippen molar-refractivity contribution in [1.29, 1.82) is 0 Å². The number of piperidine rings is 1. The topological polar surface area (TPSA) is 112 Å². The quantitative estimate of drug-likeness (QED) is 0.478. The fourth-order valence-electron chi connectivity index (χ4n) is 6.11. The Balaban J connectivity index is 1.86. The average molecular weight is 514 g/mol. The molecular formula is C23H25Cl2NO8. The first-order valence-electron chi connectivity index (χ1n) is 11.2. The highest BCUT2D eigenvalue weighted by Crippen LogP contribution is 2.63. The van der Waals surface area contributed by atoms with Crippen LogP contribution in [0, 0.1) is 0 Å². The van der Waals surface area contributed by atoms with Crippen molar-refractivity contribution in [2.24, 2.45) is 0 Å². The lowest BCUT2D eigenvalue weighted by Gasteiger charge is -2.63. The summed E-state index contributed by atoms with van der Waals surface area (Å²) in [4.78, 5) is 41.7. The highest BCUT2D eigenvalue weighted by atomic mass is 35.5. The van der Waals surface area contributed by atoms with E-state index in [-0.39, 0.29) is 30.7 Å². The smallest absolute Gasteiger partial charge is 0.340 e. The molecule has 4 bridgehead atoms. The van der Waals surface area contributed by atoms with Crippen molar-refractivity contribution < 1.29 is 38.4 Å². The molecule has 11 heteroatoms. The number of carbonyl (C=O) groups excluding carboxylic acids is 3. The average Bonchev–Trinajstić information content (AvgIpc) is 3.01. The van der Waals surface area contributed by atoms with E-state index in [4.69, 9.17) is 42.1 Å². The maximum atomic E-state index is 13.5. The van der Waals surface area contributed by atoms with E-state index in [2.05, 4.69) is 0 Å². The molecule has 1 N–H and O–H groups in total. The zero-order valence-corrected chi connectivity index (χ0v) is 20.3. The van der Waals surface area contributed by atoms with Gasteiger partial charge < -0.3 is 24.1 Å². The molecule has 4 aliphatic rings. The van der Waals surface area contributed by atoms with E-state index in [1.54, 1.807) is 32.2 Å². The zero-order chi connectivity index (χ0) is 24.5. The first-order valence-corrected chi connectivity index (χ1v) is 11.9. The number of hydrogen-bond donors (Lipinski definition) is 1. The van der Waals surface area contributed by atoms with Crippen molar-refractivity contribution in [3.05, 3.63) is 33.8 Å². The van der Waals surface area contributed by atoms with Crippen molar-refractivity contribution in [3.8, 4) is 0 Å². The first-order chi connectivity index (χ1) is 16.0. The van der Waals surface area contributed by atoms with E-state index in [1.165, 1.54) is 0 Å². The van der Waals surface area contributed by atoms with Crippen LogP contribution in [0.3, 0.4) is 0 Å². The van der Waals surface area contributed by atoms with E-state index < -0.39 is 53.3 Å². The molecule has 4 heterocycles. The van der Waals surface area contributed by atoms with E-state index in [1.807, 2.05) is 4.90 Å². The number of halogens is 2. The summed E-state index contributed by atoms with van der Waals surface area (Å²) in [6.07, 6.45) is -0.390. The van der Waals surface area contributed by atoms with Crippen LogP contribution in [0.2, 0.25) is 10.0 Å². The molecule has 0 amide bonds. The Hall–Kier alpha value is -1.91. The van der Waals surface area contributed by atoms with Gasteiger partial charge in [-0.1, -0.05) is 29.3 Å². The summed E-state index contributed by atoms with van der Waals surface area (Å²) in [5.41, 5.74) is -6.98. The molecule has 5 rings (SSSR count). The number of fused-ring (bicyclic) bond motifs is 3. The Labute approximate surface area is 206 Å². The van der Waals surface area contributed by atoms with Gasteiger partial charge in [0.25, 0.3) is 0 Å². The molecule has 184 valence electrons. The largest absolute Gasteiger partial charge is 0.449 e. The third kappa shape index (κ3) is 3.00. The molecule has 9 nitrogen and oxygen atoms in total. The number of benzene rings is 1. The van der Waals surface area contributed by atoms with Crippen molar-refractivity contribution >= 4 is 41.1 Å². The number of carbonyl (C=O) groups is 3. The van der Waals surface area contributed by atoms with Gasteiger partial charge in [0.2, 0.25) is 11.3 Å². The van der Waals surface area contributed by atoms with Crippen molar-refractivity contribution in [2.45, 2.75) is 67.6 Å². The Morgan fingerprint density at radius 2 is 1.82 bits per heavy atom. The Kier molecular flexibility index (Phi) is 5.46. The zero-order valence-electron chi connectivity index (χ0n) is 18.8. The van der Waals surface area contributed by atoms with Crippen LogP contribution < -0.4 is 0 Å². The fourth-order valence-corrected chi connectivity index (χ4v) is 6.41. The van der Waals surface area contributed by atoms with E-state index in [0.717, 1.165) is 0 Å². The SMILES string of the molecule is CCOC[C@@]12OC(=O)C3(O)CC(=O)O[C@]1(c1ccc(Cl)c(Cl)c1)CC1CC[C@]2(OC(=O)C3)N1C. The number of likely N-dealkylation sites (N-methyl/N-ethyl adjacent to an activating group) is 1. The predicted molar refractivity (Wildman–Crippen MR) is 118 cm³/mol. The lowest BCUT2D eigenvalue weighted by molar-refractivity contribution is -0.351. The summed E-state index contributed by atoms with van der Waals surface area (Å²) in [5, 5.41) is 11.5. The number of rotatable bonds is 4. The van der Waals surface area contributed by atoms with Crippen LogP contribution in [0.5, 0.6) is 0 Å². The highest BCUT2D eigenvalue weighted by molar-refractivity contribution is 6.42. The van der Waals surface area contributed by atoms with Gasteiger partial charge in [-0.05, 0) is 32.5 Å². The monoisotopic (exact) mass is 513 g/mol. The van der Waals surface area contributed by atoms with Gasteiger partial charge in [0.05, 0.1) is 29.5 Å². The van der Waals surface area contributed by atoms with Gasteiger partial charge in [0, 0.05) is 31.1 Å². The van der Waals surface area contributed by atoms with Crippen LogP contribution in [0.15, 0.2) is 18.2 Å². The minimum absolute atomic E-state index is 0.179. The fraction of sp³-hybridized carbons (Fsp3) is 0.609. The normalized spacial score (nSPS) is 39.4. The number of esters is 3. The van der Waals surface area contributed by atoms with Crippen LogP contribution in [0.25, 0.3) is 0 Å². The molecule has 4 fully saturated rings. The summed E-state index contributed by atoms with van der Waals surface area (Å²) in [5.74, 6) is -2.75. The summed E-state index contributed by atoms with van der Waals surface area (Å²) < 4.78 is 24.3. The summed E-state index contributed by atoms with van der Waals surface area (Å²) in [6.45, 7) is 1.74. The minimum atomic E-state index is -2.42. The molecule has 5 atom stereocenters. The molecule has 4 aliphatic heterocycles. The Morgan fingerprint density at radius 1 is 1.12 bits per heavy atom. The molecule has 1 spiro atoms. The molecular weight excluding hydrogens is 489 g/mol. The molecule has 0 radical (unpaired) electrons. The standard InChI is InChI=1S/C23H25Cl2NO8/c1-3-31-12-22-21(13-4-5-15(24)16(25)8-13)9-14-6-7-23(22,26(14)2)33-18(28)11-20(30,19(29)34-22)10-17(27)32-21/h4-5,8,14,30H,3,6-7,9-12H2,1-2H3/t14?,20?,21-,22+,23+/m0/s1. The second-order valence-corrected chi connectivity index (χ2v) is 10.2. The van der Waals surface area contributed by atoms with Gasteiger partial charge in [-0.3, -0.25) is 14.5 Å². The van der Waals surface area contributed by atoms with Gasteiger partial charge in [0.15, 0.2) is 11.2 Å². The molecule has 0 aliphatic carbocycles. The predicted octanol–water partition coefficient (Wildman–Crippen LogP) is 2.33. The maximum absolute atomic E-state index is 13.5. The molecule has 0 saturated carbocycles. The van der Waals surface area contributed by atoms with Gasteiger partial charge in [-0.25, -0.2) is 4.79 Å². The van der Waals surface area contributed by atoms with Crippen molar-refractivity contribution in [1.82, 2.24) is 4.90 Å². The van der Waals surface area contributed by atoms with Gasteiger partial charge in [0.1, 0.15) is 0 Å². The summed E-state index contributed by atoms with van der Waals surface area (Å²) >= 11 is 12.5. The summed E-state index contributed by atoms with van der Waals surface area (Å²) in [7, 11) is 1.78. The Bertz CT molecular complexity index is 1080. The van der Waals surface area contributed by atoms with Crippen LogP contribution in [0.4, 0.5) is 0 Å². The van der Waals surface area contributed by atoms with Gasteiger partial charge in [-0.2, -0.15) is 0 Å². The molecule has 0 aromatic heterocycles. The van der Waals surface area contributed by atoms with Gasteiger partial charge in [-0.15, -0.1) is 0 Å². The van der Waals surface area contributed by atoms with Crippen molar-refractivity contribution in [2.75, 3.05) is 20.3 Å². The third-order valence-corrected chi connectivity index (χ3v) is 8.47. The summed E-state index contributed by atoms with van der Waals surface area (Å²) in [6, 6.07) is 4.59.